The van der Waals surface area contributed by atoms with Gasteiger partial charge in [0.25, 0.3) is 0 Å². The van der Waals surface area contributed by atoms with Crippen molar-refractivity contribution in [3.05, 3.63) is 35.6 Å². The Balaban J connectivity index is 2.02. The van der Waals surface area contributed by atoms with Gasteiger partial charge >= 0.3 is 0 Å². The van der Waals surface area contributed by atoms with Gasteiger partial charge in [-0.15, -0.1) is 0 Å². The molecule has 1 aliphatic carbocycles. The first kappa shape index (κ1) is 13.5. The second kappa shape index (κ2) is 6.30. The van der Waals surface area contributed by atoms with Crippen LogP contribution in [0.15, 0.2) is 24.3 Å². The van der Waals surface area contributed by atoms with Crippen molar-refractivity contribution in [2.45, 2.75) is 44.8 Å². The summed E-state index contributed by atoms with van der Waals surface area (Å²) in [6.07, 6.45) is 4.18. The molecule has 1 saturated carbocycles. The third-order valence-electron chi connectivity index (χ3n) is 3.89. The van der Waals surface area contributed by atoms with Gasteiger partial charge in [0.15, 0.2) is 0 Å². The molecule has 0 heterocycles. The van der Waals surface area contributed by atoms with Gasteiger partial charge < -0.3 is 10.4 Å². The zero-order valence-electron chi connectivity index (χ0n) is 10.9. The summed E-state index contributed by atoms with van der Waals surface area (Å²) < 4.78 is 13.0. The maximum Gasteiger partial charge on any atom is 0.123 e. The van der Waals surface area contributed by atoms with Crippen molar-refractivity contribution < 1.29 is 9.50 Å². The maximum absolute atomic E-state index is 13.0. The fourth-order valence-electron chi connectivity index (χ4n) is 2.41. The highest BCUT2D eigenvalue weighted by atomic mass is 19.1. The van der Waals surface area contributed by atoms with Crippen molar-refractivity contribution in [2.24, 2.45) is 5.92 Å². The standard InChI is InChI=1S/C15H22FNO/c1-2-14(18)10-17-15(11-4-3-5-11)12-6-8-13(16)9-7-12/h6-9,11,14-15,17-18H,2-5,10H2,1H3. The van der Waals surface area contributed by atoms with Crippen LogP contribution >= 0.6 is 0 Å². The number of benzene rings is 1. The molecule has 1 aliphatic rings. The SMILES string of the molecule is CCC(O)CNC(c1ccc(F)cc1)C1CCC1. The van der Waals surface area contributed by atoms with Crippen molar-refractivity contribution in [2.75, 3.05) is 6.54 Å². The molecule has 2 atom stereocenters. The molecule has 1 aromatic carbocycles. The highest BCUT2D eigenvalue weighted by molar-refractivity contribution is 5.21. The molecule has 1 aromatic rings. The molecule has 2 nitrogen and oxygen atoms in total. The number of nitrogens with one attached hydrogen (secondary N) is 1. The summed E-state index contributed by atoms with van der Waals surface area (Å²) in [5.41, 5.74) is 1.13. The third kappa shape index (κ3) is 3.30. The Bertz CT molecular complexity index is 361. The topological polar surface area (TPSA) is 32.3 Å². The average Bonchev–Trinajstić information content (AvgIpc) is 2.32. The van der Waals surface area contributed by atoms with Crippen molar-refractivity contribution in [3.63, 3.8) is 0 Å². The molecule has 3 heteroatoms. The van der Waals surface area contributed by atoms with Gasteiger partial charge in [-0.1, -0.05) is 25.5 Å². The van der Waals surface area contributed by atoms with Gasteiger partial charge in [0, 0.05) is 12.6 Å². The molecule has 0 bridgehead atoms. The number of halogens is 1. The van der Waals surface area contributed by atoms with E-state index in [4.69, 9.17) is 0 Å². The fourth-order valence-corrected chi connectivity index (χ4v) is 2.41. The van der Waals surface area contributed by atoms with Crippen LogP contribution in [-0.2, 0) is 0 Å². The molecular formula is C15H22FNO. The van der Waals surface area contributed by atoms with Gasteiger partial charge in [0.05, 0.1) is 6.10 Å². The monoisotopic (exact) mass is 251 g/mol. The van der Waals surface area contributed by atoms with Gasteiger partial charge in [-0.2, -0.15) is 0 Å². The van der Waals surface area contributed by atoms with Crippen molar-refractivity contribution in [3.8, 4) is 0 Å². The van der Waals surface area contributed by atoms with Gasteiger partial charge in [-0.3, -0.25) is 0 Å². The summed E-state index contributed by atoms with van der Waals surface area (Å²) in [4.78, 5) is 0. The second-order valence-corrected chi connectivity index (χ2v) is 5.19. The Morgan fingerprint density at radius 3 is 2.50 bits per heavy atom. The first-order valence-electron chi connectivity index (χ1n) is 6.87. The summed E-state index contributed by atoms with van der Waals surface area (Å²) in [7, 11) is 0. The molecule has 2 rings (SSSR count). The van der Waals surface area contributed by atoms with Crippen molar-refractivity contribution in [1.29, 1.82) is 0 Å². The predicted octanol–water partition coefficient (Wildman–Crippen LogP) is 3.03. The van der Waals surface area contributed by atoms with E-state index in [2.05, 4.69) is 5.32 Å². The largest absolute Gasteiger partial charge is 0.392 e. The van der Waals surface area contributed by atoms with Gasteiger partial charge in [-0.25, -0.2) is 4.39 Å². The van der Waals surface area contributed by atoms with Crippen LogP contribution in [0.1, 0.15) is 44.2 Å². The third-order valence-corrected chi connectivity index (χ3v) is 3.89. The van der Waals surface area contributed by atoms with Crippen LogP contribution in [0.25, 0.3) is 0 Å². The molecule has 0 aromatic heterocycles. The van der Waals surface area contributed by atoms with E-state index in [-0.39, 0.29) is 18.0 Å². The molecule has 18 heavy (non-hydrogen) atoms. The van der Waals surface area contributed by atoms with E-state index in [1.165, 1.54) is 31.4 Å². The Hall–Kier alpha value is -0.930. The Kier molecular flexibility index (Phi) is 4.72. The smallest absolute Gasteiger partial charge is 0.123 e. The summed E-state index contributed by atoms with van der Waals surface area (Å²) in [5.74, 6) is 0.430. The Morgan fingerprint density at radius 1 is 1.33 bits per heavy atom. The lowest BCUT2D eigenvalue weighted by molar-refractivity contribution is 0.146. The molecular weight excluding hydrogens is 229 g/mol. The van der Waals surface area contributed by atoms with E-state index in [9.17, 15) is 9.50 Å². The fraction of sp³-hybridized carbons (Fsp3) is 0.600. The lowest BCUT2D eigenvalue weighted by Gasteiger charge is -2.35. The number of aliphatic hydroxyl groups excluding tert-OH is 1. The van der Waals surface area contributed by atoms with Gasteiger partial charge in [0.2, 0.25) is 0 Å². The van der Waals surface area contributed by atoms with Crippen LogP contribution in [0, 0.1) is 11.7 Å². The Morgan fingerprint density at radius 2 is 2.00 bits per heavy atom. The first-order chi connectivity index (χ1) is 8.70. The second-order valence-electron chi connectivity index (χ2n) is 5.19. The normalized spacial score (nSPS) is 19.3. The summed E-state index contributed by atoms with van der Waals surface area (Å²) in [6, 6.07) is 6.98. The minimum atomic E-state index is -0.298. The van der Waals surface area contributed by atoms with E-state index in [0.29, 0.717) is 12.5 Å². The van der Waals surface area contributed by atoms with Crippen LogP contribution in [0.3, 0.4) is 0 Å². The molecule has 0 amide bonds. The maximum atomic E-state index is 13.0. The summed E-state index contributed by atoms with van der Waals surface area (Å²) in [5, 5.41) is 13.1. The number of hydrogen-bond donors (Lipinski definition) is 2. The molecule has 1 fully saturated rings. The van der Waals surface area contributed by atoms with Crippen LogP contribution in [0.2, 0.25) is 0 Å². The van der Waals surface area contributed by atoms with E-state index in [1.807, 2.05) is 19.1 Å². The zero-order chi connectivity index (χ0) is 13.0. The van der Waals surface area contributed by atoms with Gasteiger partial charge in [-0.05, 0) is 42.9 Å². The predicted molar refractivity (Wildman–Crippen MR) is 70.8 cm³/mol. The minimum Gasteiger partial charge on any atom is -0.392 e. The molecule has 100 valence electrons. The van der Waals surface area contributed by atoms with Gasteiger partial charge in [0.1, 0.15) is 5.82 Å². The molecule has 0 aliphatic heterocycles. The lowest BCUT2D eigenvalue weighted by Crippen LogP contribution is -2.36. The Labute approximate surface area is 108 Å². The van der Waals surface area contributed by atoms with Crippen LogP contribution in [0.5, 0.6) is 0 Å². The highest BCUT2D eigenvalue weighted by Crippen LogP contribution is 2.37. The minimum absolute atomic E-state index is 0.195. The van der Waals surface area contributed by atoms with E-state index < -0.39 is 0 Å². The summed E-state index contributed by atoms with van der Waals surface area (Å²) in [6.45, 7) is 2.58. The average molecular weight is 251 g/mol. The van der Waals surface area contributed by atoms with Crippen molar-refractivity contribution in [1.82, 2.24) is 5.32 Å². The number of rotatable bonds is 6. The quantitative estimate of drug-likeness (QED) is 0.814. The molecule has 2 N–H and O–H groups in total. The summed E-state index contributed by atoms with van der Waals surface area (Å²) >= 11 is 0. The first-order valence-corrected chi connectivity index (χ1v) is 6.87. The number of hydrogen-bond acceptors (Lipinski definition) is 2. The van der Waals surface area contributed by atoms with E-state index >= 15 is 0 Å². The van der Waals surface area contributed by atoms with Crippen LogP contribution in [0.4, 0.5) is 4.39 Å². The van der Waals surface area contributed by atoms with E-state index in [1.54, 1.807) is 0 Å². The molecule has 2 unspecified atom stereocenters. The van der Waals surface area contributed by atoms with Crippen molar-refractivity contribution >= 4 is 0 Å². The van der Waals surface area contributed by atoms with Crippen LogP contribution in [-0.4, -0.2) is 17.8 Å². The molecule has 0 radical (unpaired) electrons. The zero-order valence-corrected chi connectivity index (χ0v) is 10.9. The molecule has 0 spiro atoms. The van der Waals surface area contributed by atoms with E-state index in [0.717, 1.165) is 12.0 Å². The number of aliphatic hydroxyl groups is 1. The highest BCUT2D eigenvalue weighted by Gasteiger charge is 2.28. The van der Waals surface area contributed by atoms with Crippen LogP contribution < -0.4 is 5.32 Å². The lowest BCUT2D eigenvalue weighted by atomic mass is 9.77. The molecule has 0 saturated heterocycles.